The highest BCUT2D eigenvalue weighted by molar-refractivity contribution is 7.89. The lowest BCUT2D eigenvalue weighted by molar-refractivity contribution is -0.119. The van der Waals surface area contributed by atoms with Crippen LogP contribution in [0.4, 0.5) is 5.69 Å². The number of hydrogen-bond donors (Lipinski definition) is 2. The Bertz CT molecular complexity index is 670. The molecule has 1 aliphatic rings. The molecule has 0 saturated carbocycles. The smallest absolute Gasteiger partial charge is 0.238 e. The average molecular weight is 312 g/mol. The molecular weight excluding hydrogens is 292 g/mol. The van der Waals surface area contributed by atoms with Gasteiger partial charge in [0.1, 0.15) is 0 Å². The molecule has 1 fully saturated rings. The van der Waals surface area contributed by atoms with Crippen LogP contribution in [-0.4, -0.2) is 27.0 Å². The number of carbonyl (C=O) groups is 1. The summed E-state index contributed by atoms with van der Waals surface area (Å²) in [6.45, 7) is 5.91. The predicted molar refractivity (Wildman–Crippen MR) is 79.4 cm³/mol. The van der Waals surface area contributed by atoms with Crippen LogP contribution >= 0.6 is 0 Å². The van der Waals surface area contributed by atoms with E-state index in [1.165, 1.54) is 12.1 Å². The van der Waals surface area contributed by atoms with Gasteiger partial charge in [-0.1, -0.05) is 0 Å². The van der Waals surface area contributed by atoms with Crippen LogP contribution in [0, 0.1) is 19.8 Å². The number of primary sulfonamides is 1. The van der Waals surface area contributed by atoms with Crippen LogP contribution in [0.25, 0.3) is 0 Å². The molecule has 7 heteroatoms. The summed E-state index contributed by atoms with van der Waals surface area (Å²) < 4.78 is 28.3. The van der Waals surface area contributed by atoms with Crippen molar-refractivity contribution in [3.63, 3.8) is 0 Å². The monoisotopic (exact) mass is 312 g/mol. The lowest BCUT2D eigenvalue weighted by atomic mass is 10.0. The first kappa shape index (κ1) is 15.9. The van der Waals surface area contributed by atoms with Crippen molar-refractivity contribution in [2.45, 2.75) is 38.2 Å². The molecule has 0 aliphatic carbocycles. The zero-order chi connectivity index (χ0) is 15.8. The lowest BCUT2D eigenvalue weighted by Gasteiger charge is -2.14. The van der Waals surface area contributed by atoms with Crippen molar-refractivity contribution in [2.24, 2.45) is 11.1 Å². The number of anilines is 1. The minimum atomic E-state index is -3.80. The summed E-state index contributed by atoms with van der Waals surface area (Å²) in [7, 11) is -3.80. The van der Waals surface area contributed by atoms with E-state index in [0.717, 1.165) is 11.1 Å². The standard InChI is InChI=1S/C14H20N2O4S/c1-8-4-12(21(15,18)19)6-13(10(8)3)16-14(17)11-5-9(2)20-7-11/h4,6,9,11H,5,7H2,1-3H3,(H,16,17)(H2,15,18,19). The molecule has 0 radical (unpaired) electrons. The topological polar surface area (TPSA) is 98.5 Å². The van der Waals surface area contributed by atoms with E-state index in [4.69, 9.17) is 9.88 Å². The van der Waals surface area contributed by atoms with Gasteiger partial charge in [0.25, 0.3) is 0 Å². The van der Waals surface area contributed by atoms with Crippen molar-refractivity contribution in [2.75, 3.05) is 11.9 Å². The zero-order valence-electron chi connectivity index (χ0n) is 12.3. The zero-order valence-corrected chi connectivity index (χ0v) is 13.2. The largest absolute Gasteiger partial charge is 0.378 e. The normalized spacial score (nSPS) is 22.3. The molecule has 1 heterocycles. The van der Waals surface area contributed by atoms with Crippen LogP contribution < -0.4 is 10.5 Å². The van der Waals surface area contributed by atoms with Crippen molar-refractivity contribution >= 4 is 21.6 Å². The Labute approximate surface area is 124 Å². The molecule has 2 unspecified atom stereocenters. The summed E-state index contributed by atoms with van der Waals surface area (Å²) in [5, 5.41) is 7.94. The summed E-state index contributed by atoms with van der Waals surface area (Å²) in [6.07, 6.45) is 0.734. The lowest BCUT2D eigenvalue weighted by Crippen LogP contribution is -2.24. The van der Waals surface area contributed by atoms with Crippen LogP contribution in [-0.2, 0) is 19.6 Å². The SMILES string of the molecule is Cc1cc(S(N)(=O)=O)cc(NC(=O)C2COC(C)C2)c1C. The van der Waals surface area contributed by atoms with Gasteiger partial charge in [0.05, 0.1) is 23.5 Å². The predicted octanol–water partition coefficient (Wildman–Crippen LogP) is 1.31. The molecule has 116 valence electrons. The van der Waals surface area contributed by atoms with Gasteiger partial charge in [-0.05, 0) is 50.5 Å². The van der Waals surface area contributed by atoms with E-state index >= 15 is 0 Å². The molecule has 1 amide bonds. The second-order valence-electron chi connectivity index (χ2n) is 5.52. The molecule has 1 aromatic rings. The number of amides is 1. The van der Waals surface area contributed by atoms with E-state index in [9.17, 15) is 13.2 Å². The highest BCUT2D eigenvalue weighted by Crippen LogP contribution is 2.26. The van der Waals surface area contributed by atoms with Crippen molar-refractivity contribution < 1.29 is 17.9 Å². The minimum Gasteiger partial charge on any atom is -0.378 e. The summed E-state index contributed by atoms with van der Waals surface area (Å²) in [5.41, 5.74) is 2.05. The van der Waals surface area contributed by atoms with Gasteiger partial charge in [0.15, 0.2) is 0 Å². The summed E-state index contributed by atoms with van der Waals surface area (Å²) in [5.74, 6) is -0.369. The highest BCUT2D eigenvalue weighted by atomic mass is 32.2. The molecule has 21 heavy (non-hydrogen) atoms. The van der Waals surface area contributed by atoms with E-state index < -0.39 is 10.0 Å². The van der Waals surface area contributed by atoms with Gasteiger partial charge in [-0.3, -0.25) is 4.79 Å². The number of rotatable bonds is 3. The number of nitrogens with one attached hydrogen (secondary N) is 1. The maximum Gasteiger partial charge on any atom is 0.238 e. The molecule has 0 bridgehead atoms. The number of carbonyl (C=O) groups excluding carboxylic acids is 1. The summed E-state index contributed by atoms with van der Waals surface area (Å²) in [4.78, 5) is 12.2. The van der Waals surface area contributed by atoms with Crippen LogP contribution in [0.2, 0.25) is 0 Å². The summed E-state index contributed by atoms with van der Waals surface area (Å²) >= 11 is 0. The van der Waals surface area contributed by atoms with Gasteiger partial charge < -0.3 is 10.1 Å². The second-order valence-corrected chi connectivity index (χ2v) is 7.08. The third kappa shape index (κ3) is 3.61. The van der Waals surface area contributed by atoms with Crippen LogP contribution in [0.5, 0.6) is 0 Å². The van der Waals surface area contributed by atoms with Gasteiger partial charge >= 0.3 is 0 Å². The molecule has 1 aliphatic heterocycles. The maximum atomic E-state index is 12.2. The van der Waals surface area contributed by atoms with Gasteiger partial charge in [-0.2, -0.15) is 0 Å². The summed E-state index contributed by atoms with van der Waals surface area (Å²) in [6, 6.07) is 2.90. The molecule has 1 aromatic carbocycles. The first-order valence-electron chi connectivity index (χ1n) is 6.75. The number of hydrogen-bond acceptors (Lipinski definition) is 4. The third-order valence-corrected chi connectivity index (χ3v) is 4.69. The van der Waals surface area contributed by atoms with E-state index in [2.05, 4.69) is 5.32 Å². The van der Waals surface area contributed by atoms with E-state index in [-0.39, 0.29) is 22.8 Å². The Hall–Kier alpha value is -1.44. The van der Waals surface area contributed by atoms with Crippen molar-refractivity contribution in [1.29, 1.82) is 0 Å². The van der Waals surface area contributed by atoms with Crippen LogP contribution in [0.3, 0.4) is 0 Å². The molecule has 3 N–H and O–H groups in total. The molecule has 2 rings (SSSR count). The van der Waals surface area contributed by atoms with E-state index in [1.807, 2.05) is 13.8 Å². The van der Waals surface area contributed by atoms with Crippen LogP contribution in [0.15, 0.2) is 17.0 Å². The Balaban J connectivity index is 2.27. The molecule has 0 spiro atoms. The fourth-order valence-corrected chi connectivity index (χ4v) is 2.98. The number of ether oxygens (including phenoxy) is 1. The van der Waals surface area contributed by atoms with E-state index in [1.54, 1.807) is 6.92 Å². The Morgan fingerprint density at radius 1 is 1.38 bits per heavy atom. The minimum absolute atomic E-state index is 0.00283. The van der Waals surface area contributed by atoms with Crippen molar-refractivity contribution in [3.05, 3.63) is 23.3 Å². The molecular formula is C14H20N2O4S. The Morgan fingerprint density at radius 2 is 2.05 bits per heavy atom. The third-order valence-electron chi connectivity index (χ3n) is 3.80. The first-order valence-corrected chi connectivity index (χ1v) is 8.29. The first-order chi connectivity index (χ1) is 9.68. The second kappa shape index (κ2) is 5.75. The molecule has 6 nitrogen and oxygen atoms in total. The number of sulfonamides is 1. The van der Waals surface area contributed by atoms with Crippen molar-refractivity contribution in [3.8, 4) is 0 Å². The quantitative estimate of drug-likeness (QED) is 0.879. The Kier molecular flexibility index (Phi) is 4.36. The Morgan fingerprint density at radius 3 is 2.57 bits per heavy atom. The van der Waals surface area contributed by atoms with Crippen molar-refractivity contribution in [1.82, 2.24) is 0 Å². The van der Waals surface area contributed by atoms with Gasteiger partial charge in [0, 0.05) is 5.69 Å². The average Bonchev–Trinajstić information content (AvgIpc) is 2.80. The van der Waals surface area contributed by atoms with Gasteiger partial charge in [0.2, 0.25) is 15.9 Å². The number of nitrogens with two attached hydrogens (primary N) is 1. The maximum absolute atomic E-state index is 12.2. The molecule has 1 saturated heterocycles. The van der Waals surface area contributed by atoms with Gasteiger partial charge in [-0.15, -0.1) is 0 Å². The number of benzene rings is 1. The highest BCUT2D eigenvalue weighted by Gasteiger charge is 2.28. The number of aryl methyl sites for hydroxylation is 1. The van der Waals surface area contributed by atoms with E-state index in [0.29, 0.717) is 18.7 Å². The van der Waals surface area contributed by atoms with Crippen LogP contribution in [0.1, 0.15) is 24.5 Å². The van der Waals surface area contributed by atoms with Gasteiger partial charge in [-0.25, -0.2) is 13.6 Å². The molecule has 2 atom stereocenters. The molecule has 0 aromatic heterocycles. The fraction of sp³-hybridized carbons (Fsp3) is 0.500. The fourth-order valence-electron chi connectivity index (χ4n) is 2.36.